The second-order valence-corrected chi connectivity index (χ2v) is 9.03. The molecule has 3 rings (SSSR count). The molecule has 0 saturated heterocycles. The molecule has 0 atom stereocenters. The van der Waals surface area contributed by atoms with E-state index in [0.29, 0.717) is 29.1 Å². The summed E-state index contributed by atoms with van der Waals surface area (Å²) in [6, 6.07) is 9.11. The average Bonchev–Trinajstić information content (AvgIpc) is 2.71. The second-order valence-electron chi connectivity index (χ2n) is 8.62. The number of hydrogen-bond acceptors (Lipinski definition) is 5. The molecule has 1 saturated carbocycles. The molecule has 0 radical (unpaired) electrons. The SMILES string of the molecule is Cc1cccc(C(C)C)c1NC(=S)N[C@H]1CC[C@@H](Nc2nccc(N(C)C)n2)CC1. The standard InChI is InChI=1S/C23H34N6S/c1-15(2)19-8-6-7-16(3)21(19)28-23(30)26-18-11-9-17(10-12-18)25-22-24-14-13-20(27-22)29(4)5/h6-8,13-15,17-18H,9-12H2,1-5H3,(H,24,25,27)(H2,26,28,30)/t17-,18+. The van der Waals surface area contributed by atoms with Gasteiger partial charge >= 0.3 is 0 Å². The Bertz CT molecular complexity index is 859. The largest absolute Gasteiger partial charge is 0.363 e. The Morgan fingerprint density at radius 3 is 2.47 bits per heavy atom. The molecule has 0 spiro atoms. The van der Waals surface area contributed by atoms with Gasteiger partial charge < -0.3 is 20.9 Å². The van der Waals surface area contributed by atoms with Gasteiger partial charge in [0, 0.05) is 38.1 Å². The van der Waals surface area contributed by atoms with E-state index >= 15 is 0 Å². The zero-order valence-corrected chi connectivity index (χ0v) is 19.5. The zero-order valence-electron chi connectivity index (χ0n) is 18.7. The minimum atomic E-state index is 0.392. The van der Waals surface area contributed by atoms with Crippen molar-refractivity contribution in [3.05, 3.63) is 41.6 Å². The van der Waals surface area contributed by atoms with Gasteiger partial charge in [-0.15, -0.1) is 0 Å². The van der Waals surface area contributed by atoms with Gasteiger partial charge in [-0.05, 0) is 67.9 Å². The van der Waals surface area contributed by atoms with Gasteiger partial charge in [-0.1, -0.05) is 32.0 Å². The first-order chi connectivity index (χ1) is 14.3. The minimum absolute atomic E-state index is 0.392. The molecule has 1 fully saturated rings. The van der Waals surface area contributed by atoms with Crippen LogP contribution in [0, 0.1) is 6.92 Å². The van der Waals surface area contributed by atoms with E-state index in [1.165, 1.54) is 11.1 Å². The van der Waals surface area contributed by atoms with Crippen molar-refractivity contribution in [1.29, 1.82) is 0 Å². The molecule has 3 N–H and O–H groups in total. The van der Waals surface area contributed by atoms with Crippen LogP contribution in [-0.4, -0.2) is 41.3 Å². The first kappa shape index (κ1) is 22.3. The molecule has 2 aromatic rings. The van der Waals surface area contributed by atoms with Crippen LogP contribution in [0.4, 0.5) is 17.5 Å². The van der Waals surface area contributed by atoms with E-state index in [1.807, 2.05) is 25.1 Å². The number of nitrogens with one attached hydrogen (secondary N) is 3. The van der Waals surface area contributed by atoms with E-state index in [2.05, 4.69) is 64.9 Å². The van der Waals surface area contributed by atoms with E-state index < -0.39 is 0 Å². The molecule has 0 amide bonds. The van der Waals surface area contributed by atoms with Crippen LogP contribution in [-0.2, 0) is 0 Å². The van der Waals surface area contributed by atoms with Crippen molar-refractivity contribution in [2.75, 3.05) is 29.6 Å². The van der Waals surface area contributed by atoms with Crippen molar-refractivity contribution in [1.82, 2.24) is 15.3 Å². The summed E-state index contributed by atoms with van der Waals surface area (Å²) in [5.74, 6) is 2.07. The summed E-state index contributed by atoms with van der Waals surface area (Å²) in [5, 5.41) is 11.2. The van der Waals surface area contributed by atoms with Gasteiger partial charge in [0.05, 0.1) is 0 Å². The van der Waals surface area contributed by atoms with Crippen LogP contribution in [0.25, 0.3) is 0 Å². The fourth-order valence-corrected chi connectivity index (χ4v) is 4.18. The third-order valence-electron chi connectivity index (χ3n) is 5.66. The predicted molar refractivity (Wildman–Crippen MR) is 131 cm³/mol. The van der Waals surface area contributed by atoms with Crippen molar-refractivity contribution in [2.45, 2.75) is 64.5 Å². The van der Waals surface area contributed by atoms with E-state index in [4.69, 9.17) is 12.2 Å². The fraction of sp³-hybridized carbons (Fsp3) is 0.522. The van der Waals surface area contributed by atoms with E-state index in [9.17, 15) is 0 Å². The molecule has 0 aliphatic heterocycles. The number of aromatic nitrogens is 2. The highest BCUT2D eigenvalue weighted by Gasteiger charge is 2.22. The molecule has 30 heavy (non-hydrogen) atoms. The van der Waals surface area contributed by atoms with Crippen molar-refractivity contribution in [3.8, 4) is 0 Å². The quantitative estimate of drug-likeness (QED) is 0.579. The molecule has 1 aliphatic carbocycles. The maximum Gasteiger partial charge on any atom is 0.224 e. The summed E-state index contributed by atoms with van der Waals surface area (Å²) in [4.78, 5) is 10.9. The Morgan fingerprint density at radius 1 is 1.10 bits per heavy atom. The number of thiocarbonyl (C=S) groups is 1. The Balaban J connectivity index is 1.50. The Labute approximate surface area is 185 Å². The number of nitrogens with zero attached hydrogens (tertiary/aromatic N) is 3. The smallest absolute Gasteiger partial charge is 0.224 e. The highest BCUT2D eigenvalue weighted by atomic mass is 32.1. The molecule has 0 unspecified atom stereocenters. The van der Waals surface area contributed by atoms with Gasteiger partial charge in [-0.25, -0.2) is 4.98 Å². The van der Waals surface area contributed by atoms with E-state index in [0.717, 1.165) is 37.2 Å². The Morgan fingerprint density at radius 2 is 1.80 bits per heavy atom. The first-order valence-corrected chi connectivity index (χ1v) is 11.2. The van der Waals surface area contributed by atoms with E-state index in [-0.39, 0.29) is 0 Å². The van der Waals surface area contributed by atoms with Crippen LogP contribution in [0.3, 0.4) is 0 Å². The molecule has 7 heteroatoms. The number of rotatable bonds is 6. The molecule has 1 aromatic carbocycles. The lowest BCUT2D eigenvalue weighted by Gasteiger charge is -2.31. The van der Waals surface area contributed by atoms with Crippen LogP contribution in [0.15, 0.2) is 30.5 Å². The molecule has 0 bridgehead atoms. The summed E-state index contributed by atoms with van der Waals surface area (Å²) in [6.45, 7) is 6.55. The molecular formula is C23H34N6S. The molecular weight excluding hydrogens is 392 g/mol. The van der Waals surface area contributed by atoms with Crippen LogP contribution < -0.4 is 20.9 Å². The van der Waals surface area contributed by atoms with Crippen molar-refractivity contribution < 1.29 is 0 Å². The monoisotopic (exact) mass is 426 g/mol. The lowest BCUT2D eigenvalue weighted by atomic mass is 9.91. The lowest BCUT2D eigenvalue weighted by molar-refractivity contribution is 0.387. The summed E-state index contributed by atoms with van der Waals surface area (Å²) < 4.78 is 0. The third kappa shape index (κ3) is 5.81. The second kappa shape index (κ2) is 10.1. The normalized spacial score (nSPS) is 18.7. The van der Waals surface area contributed by atoms with Crippen LogP contribution in [0.2, 0.25) is 0 Å². The van der Waals surface area contributed by atoms with Gasteiger partial charge in [0.1, 0.15) is 5.82 Å². The van der Waals surface area contributed by atoms with Gasteiger partial charge in [0.15, 0.2) is 5.11 Å². The molecule has 1 heterocycles. The topological polar surface area (TPSA) is 65.1 Å². The van der Waals surface area contributed by atoms with Gasteiger partial charge in [-0.2, -0.15) is 4.98 Å². The Hall–Kier alpha value is -2.41. The summed E-state index contributed by atoms with van der Waals surface area (Å²) >= 11 is 5.63. The van der Waals surface area contributed by atoms with Crippen LogP contribution >= 0.6 is 12.2 Å². The van der Waals surface area contributed by atoms with E-state index in [1.54, 1.807) is 6.20 Å². The van der Waals surface area contributed by atoms with Gasteiger partial charge in [-0.3, -0.25) is 0 Å². The number of aryl methyl sites for hydroxylation is 1. The van der Waals surface area contributed by atoms with Crippen LogP contribution in [0.5, 0.6) is 0 Å². The summed E-state index contributed by atoms with van der Waals surface area (Å²) in [5.41, 5.74) is 3.66. The van der Waals surface area contributed by atoms with Crippen molar-refractivity contribution in [3.63, 3.8) is 0 Å². The molecule has 162 valence electrons. The highest BCUT2D eigenvalue weighted by Crippen LogP contribution is 2.28. The molecule has 6 nitrogen and oxygen atoms in total. The maximum absolute atomic E-state index is 5.63. The highest BCUT2D eigenvalue weighted by molar-refractivity contribution is 7.80. The first-order valence-electron chi connectivity index (χ1n) is 10.8. The minimum Gasteiger partial charge on any atom is -0.363 e. The molecule has 1 aliphatic rings. The van der Waals surface area contributed by atoms with Crippen molar-refractivity contribution >= 4 is 34.8 Å². The lowest BCUT2D eigenvalue weighted by Crippen LogP contribution is -2.42. The summed E-state index contributed by atoms with van der Waals surface area (Å²) in [7, 11) is 3.97. The zero-order chi connectivity index (χ0) is 21.7. The number of benzene rings is 1. The van der Waals surface area contributed by atoms with Gasteiger partial charge in [0.25, 0.3) is 0 Å². The maximum atomic E-state index is 5.63. The Kier molecular flexibility index (Phi) is 7.48. The van der Waals surface area contributed by atoms with Gasteiger partial charge in [0.2, 0.25) is 5.95 Å². The number of para-hydroxylation sites is 1. The fourth-order valence-electron chi connectivity index (χ4n) is 3.91. The number of hydrogen-bond donors (Lipinski definition) is 3. The molecule has 1 aromatic heterocycles. The number of anilines is 3. The average molecular weight is 427 g/mol. The van der Waals surface area contributed by atoms with Crippen molar-refractivity contribution in [2.24, 2.45) is 0 Å². The summed E-state index contributed by atoms with van der Waals surface area (Å²) in [6.07, 6.45) is 6.07. The third-order valence-corrected chi connectivity index (χ3v) is 5.88. The predicted octanol–water partition coefficient (Wildman–Crippen LogP) is 4.68. The van der Waals surface area contributed by atoms with Crippen LogP contribution in [0.1, 0.15) is 56.6 Å².